The largest absolute Gasteiger partial charge is 0.493 e. The Hall–Kier alpha value is -3.15. The second-order valence-corrected chi connectivity index (χ2v) is 12.1. The van der Waals surface area contributed by atoms with Crippen LogP contribution < -0.4 is 9.47 Å². The van der Waals surface area contributed by atoms with Gasteiger partial charge in [-0.2, -0.15) is 0 Å². The number of methoxy groups -OCH3 is 1. The van der Waals surface area contributed by atoms with Crippen molar-refractivity contribution in [3.63, 3.8) is 0 Å². The van der Waals surface area contributed by atoms with E-state index in [2.05, 4.69) is 4.90 Å². The Kier molecular flexibility index (Phi) is 6.91. The predicted octanol–water partition coefficient (Wildman–Crippen LogP) is 1.54. The van der Waals surface area contributed by atoms with Crippen molar-refractivity contribution in [1.29, 1.82) is 0 Å². The Morgan fingerprint density at radius 3 is 2.60 bits per heavy atom. The Morgan fingerprint density at radius 1 is 1.23 bits per heavy atom. The van der Waals surface area contributed by atoms with E-state index in [1.807, 2.05) is 19.2 Å². The first-order valence-corrected chi connectivity index (χ1v) is 13.5. The lowest BCUT2D eigenvalue weighted by Gasteiger charge is -2.61. The Labute approximate surface area is 233 Å². The number of benzene rings is 1. The van der Waals surface area contributed by atoms with Crippen LogP contribution in [-0.4, -0.2) is 89.3 Å². The topological polar surface area (TPSA) is 141 Å². The summed E-state index contributed by atoms with van der Waals surface area (Å²) in [6.45, 7) is 6.82. The van der Waals surface area contributed by atoms with Crippen molar-refractivity contribution in [2.24, 2.45) is 0 Å². The van der Waals surface area contributed by atoms with E-state index in [0.717, 1.165) is 11.1 Å². The number of hydrogen-bond acceptors (Lipinski definition) is 11. The van der Waals surface area contributed by atoms with Gasteiger partial charge in [0.1, 0.15) is 17.5 Å². The Balaban J connectivity index is 1.45. The molecule has 11 heteroatoms. The third-order valence-electron chi connectivity index (χ3n) is 8.41. The zero-order valence-corrected chi connectivity index (χ0v) is 23.7. The Morgan fingerprint density at radius 2 is 1.95 bits per heavy atom. The van der Waals surface area contributed by atoms with Crippen molar-refractivity contribution in [3.8, 4) is 11.5 Å². The minimum Gasteiger partial charge on any atom is -0.493 e. The SMILES string of the molecule is COc1ccc2c3c1O[C@H]1C(OC(=O)C[C@H](OC(=O)[C@H](C)O)C(=O)OC(C)(C)C)=CC[C@@]4(O)[C@H](C2)N(C)CC[C@]314. The molecule has 218 valence electrons. The summed E-state index contributed by atoms with van der Waals surface area (Å²) in [5.74, 6) is -1.58. The second kappa shape index (κ2) is 9.74. The first-order chi connectivity index (χ1) is 18.7. The smallest absolute Gasteiger partial charge is 0.348 e. The maximum absolute atomic E-state index is 13.2. The molecule has 0 unspecified atom stereocenters. The van der Waals surface area contributed by atoms with Gasteiger partial charge in [0.2, 0.25) is 6.10 Å². The summed E-state index contributed by atoms with van der Waals surface area (Å²) in [7, 11) is 3.55. The number of hydrogen-bond donors (Lipinski definition) is 2. The molecule has 1 fully saturated rings. The number of likely N-dealkylation sites (tertiary alicyclic amines) is 1. The molecule has 5 rings (SSSR count). The standard InChI is InChI=1S/C29H37NO10/c1-15(31)25(33)38-19(26(34)40-27(2,3)4)14-21(32)37-18-9-10-29(35)20-13-16-7-8-17(36-6)23-22(16)28(29,24(18)39-23)11-12-30(20)5/h7-9,15,19-20,24,31,35H,10-14H2,1-6H3/t15-,19-,20-,24-,28-,29+/m0/s1. The van der Waals surface area contributed by atoms with Crippen molar-refractivity contribution in [2.75, 3.05) is 20.7 Å². The molecule has 2 N–H and O–H groups in total. The van der Waals surface area contributed by atoms with Gasteiger partial charge in [0, 0.05) is 18.0 Å². The fourth-order valence-corrected chi connectivity index (χ4v) is 6.69. The number of carbonyl (C=O) groups excluding carboxylic acids is 3. The quantitative estimate of drug-likeness (QED) is 0.371. The van der Waals surface area contributed by atoms with Crippen LogP contribution in [0.2, 0.25) is 0 Å². The van der Waals surface area contributed by atoms with Crippen LogP contribution in [0.25, 0.3) is 0 Å². The second-order valence-electron chi connectivity index (χ2n) is 12.1. The molecule has 1 spiro atoms. The fraction of sp³-hybridized carbons (Fsp3) is 0.621. The first-order valence-electron chi connectivity index (χ1n) is 13.5. The van der Waals surface area contributed by atoms with Crippen LogP contribution in [0.4, 0.5) is 0 Å². The van der Waals surface area contributed by atoms with Crippen LogP contribution >= 0.6 is 0 Å². The molecule has 1 aromatic carbocycles. The van der Waals surface area contributed by atoms with Gasteiger partial charge in [0.25, 0.3) is 0 Å². The summed E-state index contributed by atoms with van der Waals surface area (Å²) in [6, 6.07) is 3.69. The van der Waals surface area contributed by atoms with Gasteiger partial charge >= 0.3 is 17.9 Å². The third-order valence-corrected chi connectivity index (χ3v) is 8.41. The van der Waals surface area contributed by atoms with E-state index in [1.165, 1.54) is 6.92 Å². The number of esters is 3. The van der Waals surface area contributed by atoms with Crippen LogP contribution in [0.1, 0.15) is 58.1 Å². The van der Waals surface area contributed by atoms with Gasteiger partial charge in [0.15, 0.2) is 17.6 Å². The molecule has 2 aliphatic carbocycles. The van der Waals surface area contributed by atoms with Crippen LogP contribution in [0.5, 0.6) is 11.5 Å². The van der Waals surface area contributed by atoms with Gasteiger partial charge in [-0.3, -0.25) is 4.79 Å². The number of aliphatic hydroxyl groups excluding tert-OH is 1. The lowest BCUT2D eigenvalue weighted by molar-refractivity contribution is -0.183. The molecule has 0 amide bonds. The number of rotatable bonds is 7. The van der Waals surface area contributed by atoms with Crippen LogP contribution in [-0.2, 0) is 40.4 Å². The predicted molar refractivity (Wildman–Crippen MR) is 140 cm³/mol. The Bertz CT molecular complexity index is 1270. The van der Waals surface area contributed by atoms with E-state index in [9.17, 15) is 24.6 Å². The van der Waals surface area contributed by atoms with Crippen LogP contribution in [0, 0.1) is 0 Å². The van der Waals surface area contributed by atoms with E-state index >= 15 is 0 Å². The van der Waals surface area contributed by atoms with Crippen molar-refractivity contribution >= 4 is 17.9 Å². The average Bonchev–Trinajstić information content (AvgIpc) is 3.22. The molecule has 1 saturated heterocycles. The molecule has 11 nitrogen and oxygen atoms in total. The van der Waals surface area contributed by atoms with Crippen molar-refractivity contribution in [3.05, 3.63) is 35.1 Å². The molecule has 2 bridgehead atoms. The summed E-state index contributed by atoms with van der Waals surface area (Å²) in [5, 5.41) is 21.9. The van der Waals surface area contributed by atoms with Crippen LogP contribution in [0.15, 0.2) is 24.0 Å². The van der Waals surface area contributed by atoms with Crippen molar-refractivity contribution in [1.82, 2.24) is 4.90 Å². The highest BCUT2D eigenvalue weighted by Crippen LogP contribution is 2.65. The zero-order chi connectivity index (χ0) is 29.2. The van der Waals surface area contributed by atoms with E-state index in [4.69, 9.17) is 23.7 Å². The minimum atomic E-state index is -1.62. The normalized spacial score (nSPS) is 29.8. The van der Waals surface area contributed by atoms with Gasteiger partial charge < -0.3 is 38.8 Å². The first kappa shape index (κ1) is 28.4. The average molecular weight is 560 g/mol. The molecule has 0 aromatic heterocycles. The van der Waals surface area contributed by atoms with Gasteiger partial charge in [-0.25, -0.2) is 9.59 Å². The van der Waals surface area contributed by atoms with Gasteiger partial charge in [0.05, 0.1) is 24.5 Å². The number of carbonyl (C=O) groups is 3. The van der Waals surface area contributed by atoms with E-state index < -0.39 is 59.3 Å². The molecule has 1 aromatic rings. The van der Waals surface area contributed by atoms with Crippen LogP contribution in [0.3, 0.4) is 0 Å². The highest BCUT2D eigenvalue weighted by Gasteiger charge is 2.72. The summed E-state index contributed by atoms with van der Waals surface area (Å²) in [6.07, 6.45) is -1.46. The highest BCUT2D eigenvalue weighted by atomic mass is 16.6. The number of nitrogens with zero attached hydrogens (tertiary/aromatic N) is 1. The molecule has 2 aliphatic heterocycles. The summed E-state index contributed by atoms with van der Waals surface area (Å²) in [5.41, 5.74) is -0.991. The van der Waals surface area contributed by atoms with Gasteiger partial charge in [-0.15, -0.1) is 0 Å². The highest BCUT2D eigenvalue weighted by molar-refractivity contribution is 5.86. The summed E-state index contributed by atoms with van der Waals surface area (Å²) in [4.78, 5) is 40.2. The molecule has 2 heterocycles. The number of aliphatic hydroxyl groups is 2. The van der Waals surface area contributed by atoms with Crippen molar-refractivity contribution < 1.29 is 48.3 Å². The van der Waals surface area contributed by atoms with E-state index in [-0.39, 0.29) is 18.2 Å². The fourth-order valence-electron chi connectivity index (χ4n) is 6.69. The lowest BCUT2D eigenvalue weighted by Crippen LogP contribution is -2.74. The lowest BCUT2D eigenvalue weighted by atomic mass is 9.50. The monoisotopic (exact) mass is 559 g/mol. The van der Waals surface area contributed by atoms with Gasteiger partial charge in [-0.1, -0.05) is 6.07 Å². The maximum Gasteiger partial charge on any atom is 0.348 e. The molecular weight excluding hydrogens is 522 g/mol. The summed E-state index contributed by atoms with van der Waals surface area (Å²) < 4.78 is 28.3. The summed E-state index contributed by atoms with van der Waals surface area (Å²) >= 11 is 0. The third kappa shape index (κ3) is 4.35. The molecule has 6 atom stereocenters. The molecule has 0 saturated carbocycles. The molecule has 40 heavy (non-hydrogen) atoms. The van der Waals surface area contributed by atoms with E-state index in [0.29, 0.717) is 30.9 Å². The molecular formula is C29H37NO10. The maximum atomic E-state index is 13.2. The molecule has 0 radical (unpaired) electrons. The molecule has 4 aliphatic rings. The van der Waals surface area contributed by atoms with Gasteiger partial charge in [-0.05, 0) is 71.8 Å². The minimum absolute atomic E-state index is 0.163. The number of ether oxygens (including phenoxy) is 5. The number of likely N-dealkylation sites (N-methyl/N-ethyl adjacent to an activating group) is 1. The zero-order valence-electron chi connectivity index (χ0n) is 23.7. The van der Waals surface area contributed by atoms with Crippen molar-refractivity contribution in [2.45, 2.75) is 94.3 Å². The van der Waals surface area contributed by atoms with E-state index in [1.54, 1.807) is 34.0 Å². The number of piperidine rings is 1.